The van der Waals surface area contributed by atoms with E-state index in [2.05, 4.69) is 15.1 Å². The zero-order valence-corrected chi connectivity index (χ0v) is 9.37. The van der Waals surface area contributed by atoms with E-state index in [9.17, 15) is 0 Å². The summed E-state index contributed by atoms with van der Waals surface area (Å²) in [6, 6.07) is 1.80. The smallest absolute Gasteiger partial charge is 0.254 e. The molecule has 2 aromatic rings. The van der Waals surface area contributed by atoms with Crippen molar-refractivity contribution in [2.24, 2.45) is 0 Å². The molecule has 2 aromatic heterocycles. The van der Waals surface area contributed by atoms with Crippen LogP contribution in [0.2, 0.25) is 0 Å². The molecule has 1 fully saturated rings. The average Bonchev–Trinajstić information content (AvgIpc) is 2.73. The first-order valence-electron chi connectivity index (χ1n) is 5.68. The molecule has 6 heteroatoms. The van der Waals surface area contributed by atoms with Gasteiger partial charge in [-0.1, -0.05) is 6.42 Å². The molecule has 0 bridgehead atoms. The highest BCUT2D eigenvalue weighted by Crippen LogP contribution is 2.40. The first kappa shape index (κ1) is 10.1. The lowest BCUT2D eigenvalue weighted by Crippen LogP contribution is -2.17. The molecule has 6 nitrogen and oxygen atoms in total. The Bertz CT molecular complexity index is 506. The predicted molar refractivity (Wildman–Crippen MR) is 64.6 cm³/mol. The summed E-state index contributed by atoms with van der Waals surface area (Å²) in [7, 11) is 0. The van der Waals surface area contributed by atoms with Crippen molar-refractivity contribution in [1.82, 2.24) is 19.7 Å². The quantitative estimate of drug-likeness (QED) is 0.805. The van der Waals surface area contributed by atoms with Crippen LogP contribution in [0.3, 0.4) is 0 Å². The number of aromatic nitrogens is 4. The van der Waals surface area contributed by atoms with Gasteiger partial charge in [0.05, 0.1) is 0 Å². The van der Waals surface area contributed by atoms with E-state index >= 15 is 0 Å². The Hall–Kier alpha value is -2.11. The van der Waals surface area contributed by atoms with Crippen molar-refractivity contribution in [3.63, 3.8) is 0 Å². The van der Waals surface area contributed by atoms with Crippen LogP contribution in [-0.4, -0.2) is 19.7 Å². The standard InChI is InChI=1S/C11H14N6/c12-9-8(7-3-1-4-7)10(13)16-11(15-9)17-6-2-5-14-17/h2,5-7H,1,3-4H2,(H4,12,13,15,16). The molecule has 1 aliphatic rings. The molecule has 2 heterocycles. The lowest BCUT2D eigenvalue weighted by molar-refractivity contribution is 0.420. The normalized spacial score (nSPS) is 15.8. The Morgan fingerprint density at radius 2 is 1.88 bits per heavy atom. The average molecular weight is 230 g/mol. The molecule has 3 rings (SSSR count). The Labute approximate surface area is 98.7 Å². The SMILES string of the molecule is Nc1nc(-n2cccn2)nc(N)c1C1CCC1. The van der Waals surface area contributed by atoms with E-state index in [4.69, 9.17) is 11.5 Å². The van der Waals surface area contributed by atoms with Crippen molar-refractivity contribution in [2.75, 3.05) is 11.5 Å². The zero-order chi connectivity index (χ0) is 11.8. The fraction of sp³-hybridized carbons (Fsp3) is 0.364. The fourth-order valence-corrected chi connectivity index (χ4v) is 2.10. The van der Waals surface area contributed by atoms with Gasteiger partial charge in [0.15, 0.2) is 0 Å². The van der Waals surface area contributed by atoms with Crippen molar-refractivity contribution in [3.8, 4) is 5.95 Å². The Kier molecular flexibility index (Phi) is 2.21. The Balaban J connectivity index is 2.05. The molecule has 0 aliphatic heterocycles. The van der Waals surface area contributed by atoms with E-state index in [0.717, 1.165) is 18.4 Å². The van der Waals surface area contributed by atoms with Gasteiger partial charge in [-0.3, -0.25) is 0 Å². The highest BCUT2D eigenvalue weighted by atomic mass is 15.3. The van der Waals surface area contributed by atoms with Gasteiger partial charge < -0.3 is 11.5 Å². The summed E-state index contributed by atoms with van der Waals surface area (Å²) in [5, 5.41) is 4.06. The van der Waals surface area contributed by atoms with Crippen LogP contribution in [0.5, 0.6) is 0 Å². The molecular formula is C11H14N6. The predicted octanol–water partition coefficient (Wildman–Crippen LogP) is 1.09. The molecule has 0 aromatic carbocycles. The largest absolute Gasteiger partial charge is 0.383 e. The maximum atomic E-state index is 5.97. The Morgan fingerprint density at radius 1 is 1.18 bits per heavy atom. The molecule has 0 atom stereocenters. The minimum atomic E-state index is 0.424. The minimum Gasteiger partial charge on any atom is -0.383 e. The van der Waals surface area contributed by atoms with E-state index in [0.29, 0.717) is 23.5 Å². The molecule has 0 amide bonds. The lowest BCUT2D eigenvalue weighted by atomic mass is 9.80. The summed E-state index contributed by atoms with van der Waals surface area (Å²) in [5.41, 5.74) is 12.8. The van der Waals surface area contributed by atoms with Gasteiger partial charge in [0.2, 0.25) is 0 Å². The third kappa shape index (κ3) is 1.61. The van der Waals surface area contributed by atoms with Gasteiger partial charge in [-0.05, 0) is 24.8 Å². The van der Waals surface area contributed by atoms with Crippen LogP contribution < -0.4 is 11.5 Å². The van der Waals surface area contributed by atoms with Crippen molar-refractivity contribution < 1.29 is 0 Å². The van der Waals surface area contributed by atoms with Gasteiger partial charge in [0, 0.05) is 18.0 Å². The summed E-state index contributed by atoms with van der Waals surface area (Å²) in [6.45, 7) is 0. The molecule has 1 aliphatic carbocycles. The first-order chi connectivity index (χ1) is 8.25. The van der Waals surface area contributed by atoms with Crippen LogP contribution in [0.15, 0.2) is 18.5 Å². The van der Waals surface area contributed by atoms with E-state index in [1.807, 2.05) is 0 Å². The number of rotatable bonds is 2. The van der Waals surface area contributed by atoms with Gasteiger partial charge in [0.25, 0.3) is 5.95 Å². The summed E-state index contributed by atoms with van der Waals surface area (Å²) < 4.78 is 1.55. The zero-order valence-electron chi connectivity index (χ0n) is 9.37. The summed E-state index contributed by atoms with van der Waals surface area (Å²) in [4.78, 5) is 8.53. The number of anilines is 2. The molecule has 4 N–H and O–H groups in total. The van der Waals surface area contributed by atoms with Gasteiger partial charge in [-0.15, -0.1) is 0 Å². The van der Waals surface area contributed by atoms with Gasteiger partial charge >= 0.3 is 0 Å². The molecular weight excluding hydrogens is 216 g/mol. The van der Waals surface area contributed by atoms with E-state index in [1.165, 1.54) is 6.42 Å². The number of nitrogens with zero attached hydrogens (tertiary/aromatic N) is 4. The van der Waals surface area contributed by atoms with E-state index < -0.39 is 0 Å². The van der Waals surface area contributed by atoms with E-state index in [-0.39, 0.29) is 0 Å². The highest BCUT2D eigenvalue weighted by Gasteiger charge is 2.26. The first-order valence-corrected chi connectivity index (χ1v) is 5.68. The second kappa shape index (κ2) is 3.73. The topological polar surface area (TPSA) is 95.6 Å². The van der Waals surface area contributed by atoms with Crippen molar-refractivity contribution in [2.45, 2.75) is 25.2 Å². The summed E-state index contributed by atoms with van der Waals surface area (Å²) in [6.07, 6.45) is 6.90. The van der Waals surface area contributed by atoms with Crippen LogP contribution in [0, 0.1) is 0 Å². The highest BCUT2D eigenvalue weighted by molar-refractivity contribution is 5.57. The number of hydrogen-bond donors (Lipinski definition) is 2. The number of nitrogens with two attached hydrogens (primary N) is 2. The monoisotopic (exact) mass is 230 g/mol. The van der Waals surface area contributed by atoms with Crippen molar-refractivity contribution in [1.29, 1.82) is 0 Å². The van der Waals surface area contributed by atoms with Crippen molar-refractivity contribution in [3.05, 3.63) is 24.0 Å². The molecule has 17 heavy (non-hydrogen) atoms. The molecule has 0 saturated heterocycles. The van der Waals surface area contributed by atoms with E-state index in [1.54, 1.807) is 23.1 Å². The fourth-order valence-electron chi connectivity index (χ4n) is 2.10. The molecule has 1 saturated carbocycles. The van der Waals surface area contributed by atoms with Crippen LogP contribution >= 0.6 is 0 Å². The van der Waals surface area contributed by atoms with Crippen molar-refractivity contribution >= 4 is 11.6 Å². The summed E-state index contributed by atoms with van der Waals surface area (Å²) >= 11 is 0. The second-order valence-electron chi connectivity index (χ2n) is 4.29. The second-order valence-corrected chi connectivity index (χ2v) is 4.29. The van der Waals surface area contributed by atoms with Gasteiger partial charge in [0.1, 0.15) is 11.6 Å². The maximum Gasteiger partial charge on any atom is 0.254 e. The van der Waals surface area contributed by atoms with Gasteiger partial charge in [-0.2, -0.15) is 15.1 Å². The molecule has 0 radical (unpaired) electrons. The minimum absolute atomic E-state index is 0.424. The van der Waals surface area contributed by atoms with Crippen LogP contribution in [0.1, 0.15) is 30.7 Å². The number of hydrogen-bond acceptors (Lipinski definition) is 5. The maximum absolute atomic E-state index is 5.97. The number of nitrogen functional groups attached to an aromatic ring is 2. The third-order valence-electron chi connectivity index (χ3n) is 3.22. The Morgan fingerprint density at radius 3 is 2.35 bits per heavy atom. The molecule has 0 unspecified atom stereocenters. The summed E-state index contributed by atoms with van der Waals surface area (Å²) in [5.74, 6) is 1.81. The van der Waals surface area contributed by atoms with Gasteiger partial charge in [-0.25, -0.2) is 4.68 Å². The lowest BCUT2D eigenvalue weighted by Gasteiger charge is -2.27. The van der Waals surface area contributed by atoms with Crippen LogP contribution in [-0.2, 0) is 0 Å². The third-order valence-corrected chi connectivity index (χ3v) is 3.22. The molecule has 88 valence electrons. The van der Waals surface area contributed by atoms with Crippen LogP contribution in [0.25, 0.3) is 5.95 Å². The molecule has 0 spiro atoms. The van der Waals surface area contributed by atoms with Crippen LogP contribution in [0.4, 0.5) is 11.6 Å².